The summed E-state index contributed by atoms with van der Waals surface area (Å²) in [4.78, 5) is 15.1. The van der Waals surface area contributed by atoms with E-state index in [1.54, 1.807) is 0 Å². The Morgan fingerprint density at radius 3 is 2.65 bits per heavy atom. The average Bonchev–Trinajstić information content (AvgIpc) is 2.69. The van der Waals surface area contributed by atoms with E-state index in [9.17, 15) is 4.79 Å². The van der Waals surface area contributed by atoms with Crippen molar-refractivity contribution in [3.8, 4) is 0 Å². The van der Waals surface area contributed by atoms with Gasteiger partial charge in [0.1, 0.15) is 4.88 Å². The molecule has 0 saturated carbocycles. The highest BCUT2D eigenvalue weighted by Crippen LogP contribution is 2.25. The number of carbonyl (C=O) groups excluding carboxylic acids is 1. The van der Waals surface area contributed by atoms with E-state index in [0.29, 0.717) is 0 Å². The first-order chi connectivity index (χ1) is 8.07. The minimum atomic E-state index is 0.151. The van der Waals surface area contributed by atoms with Crippen LogP contribution in [-0.4, -0.2) is 23.4 Å². The smallest absolute Gasteiger partial charge is 0.265 e. The quantitative estimate of drug-likeness (QED) is 0.705. The Bertz CT molecular complexity index is 362. The molecule has 2 nitrogen and oxygen atoms in total. The molecule has 96 valence electrons. The van der Waals surface area contributed by atoms with Crippen molar-refractivity contribution in [2.45, 2.75) is 46.1 Å². The van der Waals surface area contributed by atoms with Gasteiger partial charge in [-0.05, 0) is 47.6 Å². The molecule has 0 spiro atoms. The molecule has 17 heavy (non-hydrogen) atoms. The largest absolute Gasteiger partial charge is 0.335 e. The third-order valence-corrected chi connectivity index (χ3v) is 4.52. The molecule has 1 rings (SSSR count). The van der Waals surface area contributed by atoms with Crippen LogP contribution in [0.4, 0.5) is 0 Å². The summed E-state index contributed by atoms with van der Waals surface area (Å²) in [6.07, 6.45) is 3.45. The van der Waals surface area contributed by atoms with Gasteiger partial charge in [0.25, 0.3) is 5.91 Å². The number of halogens is 1. The molecule has 0 fully saturated rings. The average molecular weight is 318 g/mol. The molecule has 1 heterocycles. The molecule has 4 heteroatoms. The molecule has 0 aliphatic carbocycles. The second kappa shape index (κ2) is 7.17. The van der Waals surface area contributed by atoms with Gasteiger partial charge >= 0.3 is 0 Å². The molecule has 1 amide bonds. The maximum atomic E-state index is 12.4. The molecule has 1 aromatic rings. The summed E-state index contributed by atoms with van der Waals surface area (Å²) in [6.45, 7) is 7.18. The van der Waals surface area contributed by atoms with Crippen molar-refractivity contribution in [1.29, 1.82) is 0 Å². The van der Waals surface area contributed by atoms with Gasteiger partial charge in [0.05, 0.1) is 0 Å². The second-order valence-electron chi connectivity index (χ2n) is 4.40. The lowest BCUT2D eigenvalue weighted by molar-refractivity contribution is 0.0706. The molecule has 0 atom stereocenters. The highest BCUT2D eigenvalue weighted by molar-refractivity contribution is 9.10. The van der Waals surface area contributed by atoms with Crippen LogP contribution in [0.5, 0.6) is 0 Å². The van der Waals surface area contributed by atoms with Crippen molar-refractivity contribution in [2.24, 2.45) is 0 Å². The highest BCUT2D eigenvalue weighted by Gasteiger charge is 2.21. The van der Waals surface area contributed by atoms with Crippen LogP contribution in [0, 0.1) is 0 Å². The Morgan fingerprint density at radius 2 is 2.18 bits per heavy atom. The fraction of sp³-hybridized carbons (Fsp3) is 0.615. The van der Waals surface area contributed by atoms with Crippen LogP contribution in [0.3, 0.4) is 0 Å². The third kappa shape index (κ3) is 4.11. The Balaban J connectivity index is 2.71. The second-order valence-corrected chi connectivity index (χ2v) is 6.17. The molecule has 0 aliphatic rings. The van der Waals surface area contributed by atoms with Gasteiger partial charge in [-0.2, -0.15) is 0 Å². The van der Waals surface area contributed by atoms with Gasteiger partial charge < -0.3 is 4.90 Å². The van der Waals surface area contributed by atoms with Crippen molar-refractivity contribution < 1.29 is 4.79 Å². The van der Waals surface area contributed by atoms with Crippen LogP contribution in [0.15, 0.2) is 15.9 Å². The van der Waals surface area contributed by atoms with E-state index in [1.807, 2.05) is 16.3 Å². The first kappa shape index (κ1) is 14.7. The maximum absolute atomic E-state index is 12.4. The Hall–Kier alpha value is -0.350. The number of unbranched alkanes of at least 4 members (excludes halogenated alkanes) is 2. The normalized spacial score (nSPS) is 10.9. The minimum absolute atomic E-state index is 0.151. The van der Waals surface area contributed by atoms with Crippen LogP contribution in [0.2, 0.25) is 0 Å². The monoisotopic (exact) mass is 317 g/mol. The van der Waals surface area contributed by atoms with E-state index >= 15 is 0 Å². The molecule has 0 aliphatic heterocycles. The van der Waals surface area contributed by atoms with E-state index in [1.165, 1.54) is 24.2 Å². The van der Waals surface area contributed by atoms with Crippen LogP contribution in [0.25, 0.3) is 0 Å². The number of amides is 1. The fourth-order valence-corrected chi connectivity index (χ4v) is 3.20. The maximum Gasteiger partial charge on any atom is 0.265 e. The summed E-state index contributed by atoms with van der Waals surface area (Å²) >= 11 is 4.93. The Kier molecular flexibility index (Phi) is 6.20. The van der Waals surface area contributed by atoms with E-state index in [2.05, 4.69) is 36.7 Å². The highest BCUT2D eigenvalue weighted by atomic mass is 79.9. The van der Waals surface area contributed by atoms with Crippen molar-refractivity contribution in [1.82, 2.24) is 4.90 Å². The summed E-state index contributed by atoms with van der Waals surface area (Å²) in [7, 11) is 0. The zero-order valence-corrected chi connectivity index (χ0v) is 13.1. The van der Waals surface area contributed by atoms with Gasteiger partial charge in [0.15, 0.2) is 0 Å². The van der Waals surface area contributed by atoms with Crippen molar-refractivity contribution in [3.05, 3.63) is 20.8 Å². The van der Waals surface area contributed by atoms with E-state index < -0.39 is 0 Å². The topological polar surface area (TPSA) is 20.3 Å². The van der Waals surface area contributed by atoms with E-state index in [0.717, 1.165) is 22.3 Å². The number of hydrogen-bond donors (Lipinski definition) is 0. The molecule has 0 bridgehead atoms. The molecule has 0 saturated heterocycles. The number of carbonyl (C=O) groups is 1. The molecule has 0 N–H and O–H groups in total. The minimum Gasteiger partial charge on any atom is -0.335 e. The standard InChI is InChI=1S/C13H20BrNOS/c1-4-5-6-8-15(10(2)3)13(16)12-11(14)7-9-17-12/h7,9-10H,4-6,8H2,1-3H3. The lowest BCUT2D eigenvalue weighted by atomic mass is 10.2. The van der Waals surface area contributed by atoms with Crippen LogP contribution < -0.4 is 0 Å². The fourth-order valence-electron chi connectivity index (χ4n) is 1.70. The Labute approximate surface area is 116 Å². The number of rotatable bonds is 6. The lowest BCUT2D eigenvalue weighted by Crippen LogP contribution is -2.37. The SMILES string of the molecule is CCCCCN(C(=O)c1sccc1Br)C(C)C. The molecule has 1 aromatic heterocycles. The summed E-state index contributed by atoms with van der Waals surface area (Å²) < 4.78 is 0.911. The summed E-state index contributed by atoms with van der Waals surface area (Å²) in [5, 5.41) is 1.95. The summed E-state index contributed by atoms with van der Waals surface area (Å²) in [5.41, 5.74) is 0. The summed E-state index contributed by atoms with van der Waals surface area (Å²) in [6, 6.07) is 2.19. The van der Waals surface area contributed by atoms with Gasteiger partial charge in [-0.15, -0.1) is 11.3 Å². The van der Waals surface area contributed by atoms with Crippen LogP contribution >= 0.6 is 27.3 Å². The predicted octanol–water partition coefficient (Wildman–Crippen LogP) is 4.55. The van der Waals surface area contributed by atoms with Gasteiger partial charge in [0.2, 0.25) is 0 Å². The van der Waals surface area contributed by atoms with Crippen LogP contribution in [0.1, 0.15) is 49.7 Å². The Morgan fingerprint density at radius 1 is 1.47 bits per heavy atom. The predicted molar refractivity (Wildman–Crippen MR) is 77.7 cm³/mol. The number of hydrogen-bond acceptors (Lipinski definition) is 2. The van der Waals surface area contributed by atoms with Crippen LogP contribution in [-0.2, 0) is 0 Å². The first-order valence-corrected chi connectivity index (χ1v) is 7.79. The molecular formula is C13H20BrNOS. The molecule has 0 radical (unpaired) electrons. The van der Waals surface area contributed by atoms with Gasteiger partial charge in [-0.1, -0.05) is 19.8 Å². The number of nitrogens with zero attached hydrogens (tertiary/aromatic N) is 1. The van der Waals surface area contributed by atoms with E-state index in [-0.39, 0.29) is 11.9 Å². The van der Waals surface area contributed by atoms with Crippen molar-refractivity contribution >= 4 is 33.2 Å². The summed E-state index contributed by atoms with van der Waals surface area (Å²) in [5.74, 6) is 0.151. The van der Waals surface area contributed by atoms with E-state index in [4.69, 9.17) is 0 Å². The zero-order chi connectivity index (χ0) is 12.8. The zero-order valence-electron chi connectivity index (χ0n) is 10.7. The first-order valence-electron chi connectivity index (χ1n) is 6.11. The molecular weight excluding hydrogens is 298 g/mol. The van der Waals surface area contributed by atoms with Crippen molar-refractivity contribution in [3.63, 3.8) is 0 Å². The lowest BCUT2D eigenvalue weighted by Gasteiger charge is -2.26. The molecule has 0 aromatic carbocycles. The van der Waals surface area contributed by atoms with Gasteiger partial charge in [-0.3, -0.25) is 4.79 Å². The van der Waals surface area contributed by atoms with Crippen molar-refractivity contribution in [2.75, 3.05) is 6.54 Å². The van der Waals surface area contributed by atoms with Gasteiger partial charge in [0, 0.05) is 17.1 Å². The number of thiophene rings is 1. The third-order valence-electron chi connectivity index (χ3n) is 2.70. The van der Waals surface area contributed by atoms with Gasteiger partial charge in [-0.25, -0.2) is 0 Å². The molecule has 0 unspecified atom stereocenters.